The van der Waals surface area contributed by atoms with E-state index in [0.717, 1.165) is 12.1 Å². The highest BCUT2D eigenvalue weighted by atomic mass is 32.2. The van der Waals surface area contributed by atoms with Crippen molar-refractivity contribution in [1.29, 1.82) is 0 Å². The molecular formula is C15H18FNO5S. The molecule has 2 rings (SSSR count). The molecule has 126 valence electrons. The highest BCUT2D eigenvalue weighted by molar-refractivity contribution is 7.89. The van der Waals surface area contributed by atoms with E-state index in [2.05, 4.69) is 4.72 Å². The molecule has 0 bridgehead atoms. The first-order chi connectivity index (χ1) is 10.7. The Morgan fingerprint density at radius 1 is 1.39 bits per heavy atom. The quantitative estimate of drug-likeness (QED) is 0.799. The lowest BCUT2D eigenvalue weighted by Gasteiger charge is -2.22. The highest BCUT2D eigenvalue weighted by Gasteiger charge is 2.27. The first kappa shape index (κ1) is 17.5. The van der Waals surface area contributed by atoms with Crippen molar-refractivity contribution in [3.8, 4) is 5.75 Å². The number of hydrogen-bond acceptors (Lipinski definition) is 5. The van der Waals surface area contributed by atoms with Gasteiger partial charge in [-0.25, -0.2) is 17.5 Å². The van der Waals surface area contributed by atoms with Crippen LogP contribution < -0.4 is 9.46 Å². The van der Waals surface area contributed by atoms with Gasteiger partial charge in [0, 0.05) is 13.0 Å². The number of methoxy groups -OCH3 is 1. The number of sulfonamides is 1. The Balaban J connectivity index is 2.14. The van der Waals surface area contributed by atoms with Crippen molar-refractivity contribution in [1.82, 2.24) is 4.72 Å². The van der Waals surface area contributed by atoms with Gasteiger partial charge in [0.2, 0.25) is 10.0 Å². The van der Waals surface area contributed by atoms with Gasteiger partial charge in [0.05, 0.1) is 19.0 Å². The van der Waals surface area contributed by atoms with Gasteiger partial charge >= 0.3 is 0 Å². The molecule has 0 spiro atoms. The molecule has 1 heterocycles. The Morgan fingerprint density at radius 3 is 2.74 bits per heavy atom. The molecule has 2 aromatic rings. The van der Waals surface area contributed by atoms with E-state index >= 15 is 0 Å². The number of halogens is 1. The maximum Gasteiger partial charge on any atom is 0.244 e. The number of nitrogens with one attached hydrogen (secondary N) is 1. The zero-order valence-electron chi connectivity index (χ0n) is 12.7. The van der Waals surface area contributed by atoms with Crippen LogP contribution in [0.2, 0.25) is 0 Å². The van der Waals surface area contributed by atoms with E-state index in [1.165, 1.54) is 26.4 Å². The maximum absolute atomic E-state index is 13.3. The molecule has 0 saturated carbocycles. The summed E-state index contributed by atoms with van der Waals surface area (Å²) < 4.78 is 50.3. The molecule has 0 unspecified atom stereocenters. The summed E-state index contributed by atoms with van der Waals surface area (Å²) in [6.45, 7) is 1.20. The molecule has 23 heavy (non-hydrogen) atoms. The Labute approximate surface area is 133 Å². The Hall–Kier alpha value is -1.90. The van der Waals surface area contributed by atoms with Crippen molar-refractivity contribution in [2.24, 2.45) is 0 Å². The van der Waals surface area contributed by atoms with Gasteiger partial charge in [0.15, 0.2) is 0 Å². The monoisotopic (exact) mass is 343 g/mol. The van der Waals surface area contributed by atoms with Crippen LogP contribution in [0.5, 0.6) is 5.75 Å². The zero-order valence-corrected chi connectivity index (χ0v) is 13.6. The molecular weight excluding hydrogens is 325 g/mol. The molecule has 1 aromatic heterocycles. The normalized spacial score (nSPS) is 14.4. The fraction of sp³-hybridized carbons (Fsp3) is 0.333. The first-order valence-electron chi connectivity index (χ1n) is 6.81. The van der Waals surface area contributed by atoms with Crippen LogP contribution in [0.15, 0.2) is 45.9 Å². The van der Waals surface area contributed by atoms with E-state index in [-0.39, 0.29) is 23.6 Å². The van der Waals surface area contributed by atoms with Gasteiger partial charge in [0.1, 0.15) is 22.2 Å². The molecule has 6 nitrogen and oxygen atoms in total. The van der Waals surface area contributed by atoms with Crippen molar-refractivity contribution in [2.45, 2.75) is 23.8 Å². The first-order valence-corrected chi connectivity index (χ1v) is 8.30. The van der Waals surface area contributed by atoms with Crippen LogP contribution >= 0.6 is 0 Å². The molecule has 2 N–H and O–H groups in total. The smallest absolute Gasteiger partial charge is 0.244 e. The van der Waals surface area contributed by atoms with Crippen molar-refractivity contribution in [2.75, 3.05) is 13.7 Å². The van der Waals surface area contributed by atoms with Crippen LogP contribution in [0.25, 0.3) is 0 Å². The van der Waals surface area contributed by atoms with Crippen LogP contribution in [0.4, 0.5) is 4.39 Å². The molecule has 1 aromatic carbocycles. The van der Waals surface area contributed by atoms with Crippen LogP contribution in [0.1, 0.15) is 12.7 Å². The van der Waals surface area contributed by atoms with Gasteiger partial charge in [-0.05, 0) is 37.3 Å². The molecule has 0 aliphatic rings. The van der Waals surface area contributed by atoms with Gasteiger partial charge in [0.25, 0.3) is 0 Å². The summed E-state index contributed by atoms with van der Waals surface area (Å²) in [5.41, 5.74) is -1.37. The summed E-state index contributed by atoms with van der Waals surface area (Å²) >= 11 is 0. The second-order valence-electron chi connectivity index (χ2n) is 5.37. The minimum atomic E-state index is -4.04. The standard InChI is InChI=1S/C15H18FNO5S/c1-15(18,9-12-4-3-7-22-12)10-17-23(19,20)14-8-11(16)5-6-13(14)21-2/h3-8,17-18H,9-10H2,1-2H3/t15-/m1/s1. The Morgan fingerprint density at radius 2 is 2.13 bits per heavy atom. The third-order valence-electron chi connectivity index (χ3n) is 3.19. The summed E-state index contributed by atoms with van der Waals surface area (Å²) in [6, 6.07) is 6.55. The predicted octanol–water partition coefficient (Wildman–Crippen LogP) is 1.70. The lowest BCUT2D eigenvalue weighted by Crippen LogP contribution is -2.42. The summed E-state index contributed by atoms with van der Waals surface area (Å²) in [6.07, 6.45) is 1.59. The SMILES string of the molecule is COc1ccc(F)cc1S(=O)(=O)NC[C@](C)(O)Cc1ccco1. The van der Waals surface area contributed by atoms with E-state index < -0.39 is 21.4 Å². The van der Waals surface area contributed by atoms with Gasteiger partial charge in [-0.15, -0.1) is 0 Å². The molecule has 8 heteroatoms. The average Bonchev–Trinajstić information content (AvgIpc) is 2.97. The minimum Gasteiger partial charge on any atom is -0.495 e. The molecule has 0 saturated heterocycles. The van der Waals surface area contributed by atoms with Crippen LogP contribution in [0.3, 0.4) is 0 Å². The van der Waals surface area contributed by atoms with Gasteiger partial charge in [-0.2, -0.15) is 0 Å². The minimum absolute atomic E-state index is 0.0181. The van der Waals surface area contributed by atoms with Gasteiger partial charge < -0.3 is 14.3 Å². The largest absolute Gasteiger partial charge is 0.495 e. The number of rotatable bonds is 7. The second-order valence-corrected chi connectivity index (χ2v) is 7.11. The van der Waals surface area contributed by atoms with Gasteiger partial charge in [-0.1, -0.05) is 0 Å². The second kappa shape index (κ2) is 6.69. The highest BCUT2D eigenvalue weighted by Crippen LogP contribution is 2.24. The fourth-order valence-electron chi connectivity index (χ4n) is 2.04. The van der Waals surface area contributed by atoms with Crippen LogP contribution in [-0.2, 0) is 16.4 Å². The molecule has 0 radical (unpaired) electrons. The van der Waals surface area contributed by atoms with E-state index in [0.29, 0.717) is 5.76 Å². The Kier molecular flexibility index (Phi) is 5.08. The van der Waals surface area contributed by atoms with Crippen molar-refractivity contribution < 1.29 is 27.1 Å². The van der Waals surface area contributed by atoms with Crippen LogP contribution in [-0.4, -0.2) is 32.8 Å². The molecule has 0 fully saturated rings. The summed E-state index contributed by atoms with van der Waals surface area (Å²) in [5, 5.41) is 10.3. The van der Waals surface area contributed by atoms with Crippen LogP contribution in [0, 0.1) is 5.82 Å². The molecule has 0 amide bonds. The maximum atomic E-state index is 13.3. The summed E-state index contributed by atoms with van der Waals surface area (Å²) in [5.74, 6) is -0.157. The number of ether oxygens (including phenoxy) is 1. The summed E-state index contributed by atoms with van der Waals surface area (Å²) in [7, 11) is -2.75. The number of hydrogen-bond donors (Lipinski definition) is 2. The lowest BCUT2D eigenvalue weighted by molar-refractivity contribution is 0.0603. The van der Waals surface area contributed by atoms with Crippen molar-refractivity contribution in [3.05, 3.63) is 48.2 Å². The predicted molar refractivity (Wildman–Crippen MR) is 81.2 cm³/mol. The van der Waals surface area contributed by atoms with E-state index in [4.69, 9.17) is 9.15 Å². The fourth-order valence-corrected chi connectivity index (χ4v) is 3.38. The van der Waals surface area contributed by atoms with Crippen molar-refractivity contribution in [3.63, 3.8) is 0 Å². The zero-order chi connectivity index (χ0) is 17.1. The topological polar surface area (TPSA) is 88.8 Å². The third-order valence-corrected chi connectivity index (χ3v) is 4.62. The van der Waals surface area contributed by atoms with Gasteiger partial charge in [-0.3, -0.25) is 0 Å². The lowest BCUT2D eigenvalue weighted by atomic mass is 10.0. The number of aliphatic hydroxyl groups is 1. The third kappa shape index (κ3) is 4.54. The van der Waals surface area contributed by atoms with E-state index in [1.807, 2.05) is 0 Å². The number of benzene rings is 1. The van der Waals surface area contributed by atoms with E-state index in [1.54, 1.807) is 12.1 Å². The molecule has 0 aliphatic heterocycles. The van der Waals surface area contributed by atoms with E-state index in [9.17, 15) is 17.9 Å². The Bertz CT molecular complexity index is 756. The molecule has 0 aliphatic carbocycles. The van der Waals surface area contributed by atoms with Crippen molar-refractivity contribution >= 4 is 10.0 Å². The average molecular weight is 343 g/mol. The molecule has 1 atom stereocenters. The number of furan rings is 1. The summed E-state index contributed by atoms with van der Waals surface area (Å²) in [4.78, 5) is -0.325.